The second kappa shape index (κ2) is 8.84. The van der Waals surface area contributed by atoms with Gasteiger partial charge in [0.25, 0.3) is 0 Å². The SMILES string of the molecule is CCOc1ccc(C(=O)C(C)=NOC(=O)Nc2cccc(Cl)c2)cc1. The van der Waals surface area contributed by atoms with Gasteiger partial charge < -0.3 is 4.74 Å². The third-order valence-corrected chi connectivity index (χ3v) is 3.33. The van der Waals surface area contributed by atoms with E-state index in [1.165, 1.54) is 6.92 Å². The van der Waals surface area contributed by atoms with Gasteiger partial charge in [-0.05, 0) is 56.3 Å². The average molecular weight is 361 g/mol. The number of anilines is 1. The van der Waals surface area contributed by atoms with E-state index in [1.54, 1.807) is 48.5 Å². The van der Waals surface area contributed by atoms with Crippen molar-refractivity contribution in [2.75, 3.05) is 11.9 Å². The van der Waals surface area contributed by atoms with Crippen molar-refractivity contribution in [1.29, 1.82) is 0 Å². The third-order valence-electron chi connectivity index (χ3n) is 3.09. The Kier molecular flexibility index (Phi) is 6.54. The molecule has 0 aliphatic heterocycles. The molecule has 0 fully saturated rings. The summed E-state index contributed by atoms with van der Waals surface area (Å²) < 4.78 is 5.32. The van der Waals surface area contributed by atoms with Crippen LogP contribution in [-0.4, -0.2) is 24.2 Å². The zero-order valence-corrected chi connectivity index (χ0v) is 14.5. The molecule has 0 spiro atoms. The van der Waals surface area contributed by atoms with Crippen molar-refractivity contribution in [2.24, 2.45) is 5.16 Å². The quantitative estimate of drug-likeness (QED) is 0.355. The molecule has 0 bridgehead atoms. The molecule has 130 valence electrons. The van der Waals surface area contributed by atoms with Crippen LogP contribution >= 0.6 is 11.6 Å². The molecule has 0 aromatic heterocycles. The zero-order valence-electron chi connectivity index (χ0n) is 13.8. The average Bonchev–Trinajstić information content (AvgIpc) is 2.60. The lowest BCUT2D eigenvalue weighted by atomic mass is 10.1. The van der Waals surface area contributed by atoms with Crippen LogP contribution in [0, 0.1) is 0 Å². The molecule has 0 atom stereocenters. The number of halogens is 1. The van der Waals surface area contributed by atoms with Crippen LogP contribution in [0.5, 0.6) is 5.75 Å². The van der Waals surface area contributed by atoms with Crippen molar-refractivity contribution >= 4 is 34.9 Å². The van der Waals surface area contributed by atoms with Crippen LogP contribution in [0.15, 0.2) is 53.7 Å². The maximum Gasteiger partial charge on any atom is 0.437 e. The Morgan fingerprint density at radius 2 is 1.88 bits per heavy atom. The molecule has 0 saturated carbocycles. The highest BCUT2D eigenvalue weighted by Crippen LogP contribution is 2.15. The predicted octanol–water partition coefficient (Wildman–Crippen LogP) is 4.55. The fourth-order valence-corrected chi connectivity index (χ4v) is 2.13. The number of ether oxygens (including phenoxy) is 1. The van der Waals surface area contributed by atoms with Gasteiger partial charge in [0.2, 0.25) is 5.78 Å². The number of nitrogens with one attached hydrogen (secondary N) is 1. The van der Waals surface area contributed by atoms with Crippen LogP contribution in [0.25, 0.3) is 0 Å². The number of carbonyl (C=O) groups excluding carboxylic acids is 2. The molecule has 7 heteroatoms. The second-order valence-corrected chi connectivity index (χ2v) is 5.41. The van der Waals surface area contributed by atoms with E-state index in [0.717, 1.165) is 0 Å². The number of Topliss-reactive ketones (excluding diaryl/α,β-unsaturated/α-hetero) is 1. The molecule has 1 amide bonds. The van der Waals surface area contributed by atoms with E-state index in [-0.39, 0.29) is 11.5 Å². The molecule has 0 aliphatic rings. The van der Waals surface area contributed by atoms with Crippen LogP contribution < -0.4 is 10.1 Å². The molecule has 2 aromatic carbocycles. The summed E-state index contributed by atoms with van der Waals surface area (Å²) in [7, 11) is 0. The molecule has 0 unspecified atom stereocenters. The van der Waals surface area contributed by atoms with Crippen LogP contribution in [0.3, 0.4) is 0 Å². The summed E-state index contributed by atoms with van der Waals surface area (Å²) in [6.45, 7) is 3.89. The Labute approximate surface area is 150 Å². The van der Waals surface area contributed by atoms with Crippen LogP contribution in [-0.2, 0) is 4.84 Å². The summed E-state index contributed by atoms with van der Waals surface area (Å²) in [5, 5.41) is 6.50. The first-order valence-corrected chi connectivity index (χ1v) is 7.93. The van der Waals surface area contributed by atoms with Crippen molar-refractivity contribution in [3.05, 3.63) is 59.1 Å². The third kappa shape index (κ3) is 5.61. The monoisotopic (exact) mass is 360 g/mol. The minimum absolute atomic E-state index is 0.0467. The van der Waals surface area contributed by atoms with Crippen LogP contribution in [0.2, 0.25) is 5.02 Å². The molecular formula is C18H17ClN2O4. The highest BCUT2D eigenvalue weighted by Gasteiger charge is 2.12. The number of carbonyl (C=O) groups is 2. The summed E-state index contributed by atoms with van der Waals surface area (Å²) >= 11 is 5.82. The number of ketones is 1. The van der Waals surface area contributed by atoms with Gasteiger partial charge in [0.05, 0.1) is 6.61 Å². The Balaban J connectivity index is 1.95. The molecule has 0 aliphatic carbocycles. The molecule has 0 heterocycles. The lowest BCUT2D eigenvalue weighted by Gasteiger charge is -2.05. The number of hydrogen-bond donors (Lipinski definition) is 1. The number of rotatable bonds is 6. The van der Waals surface area contributed by atoms with E-state index in [2.05, 4.69) is 10.5 Å². The van der Waals surface area contributed by atoms with E-state index in [1.807, 2.05) is 6.92 Å². The Bertz CT molecular complexity index is 788. The number of oxime groups is 1. The highest BCUT2D eigenvalue weighted by atomic mass is 35.5. The molecule has 0 radical (unpaired) electrons. The number of benzene rings is 2. The second-order valence-electron chi connectivity index (χ2n) is 4.98. The van der Waals surface area contributed by atoms with E-state index >= 15 is 0 Å². The highest BCUT2D eigenvalue weighted by molar-refractivity contribution is 6.45. The van der Waals surface area contributed by atoms with Crippen molar-refractivity contribution < 1.29 is 19.2 Å². The van der Waals surface area contributed by atoms with Gasteiger partial charge >= 0.3 is 6.09 Å². The summed E-state index contributed by atoms with van der Waals surface area (Å²) in [4.78, 5) is 28.6. The van der Waals surface area contributed by atoms with Gasteiger partial charge in [-0.25, -0.2) is 4.79 Å². The lowest BCUT2D eigenvalue weighted by molar-refractivity contribution is 0.105. The van der Waals surface area contributed by atoms with Crippen molar-refractivity contribution in [1.82, 2.24) is 0 Å². The fourth-order valence-electron chi connectivity index (χ4n) is 1.94. The fraction of sp³-hybridized carbons (Fsp3) is 0.167. The minimum atomic E-state index is -0.818. The topological polar surface area (TPSA) is 77.0 Å². The normalized spacial score (nSPS) is 10.9. The number of amides is 1. The summed E-state index contributed by atoms with van der Waals surface area (Å²) in [6.07, 6.45) is -0.818. The first-order chi connectivity index (χ1) is 12.0. The smallest absolute Gasteiger partial charge is 0.437 e. The van der Waals surface area contributed by atoms with Crippen LogP contribution in [0.1, 0.15) is 24.2 Å². The number of hydrogen-bond acceptors (Lipinski definition) is 5. The zero-order chi connectivity index (χ0) is 18.2. The van der Waals surface area contributed by atoms with Gasteiger partial charge in [-0.3, -0.25) is 14.9 Å². The maximum absolute atomic E-state index is 12.2. The Morgan fingerprint density at radius 1 is 1.16 bits per heavy atom. The van der Waals surface area contributed by atoms with E-state index in [9.17, 15) is 9.59 Å². The Hall–Kier alpha value is -2.86. The number of nitrogens with zero attached hydrogens (tertiary/aromatic N) is 1. The van der Waals surface area contributed by atoms with Crippen molar-refractivity contribution in [2.45, 2.75) is 13.8 Å². The standard InChI is InChI=1S/C18H17ClN2O4/c1-3-24-16-9-7-13(8-10-16)17(22)12(2)21-25-18(23)20-15-6-4-5-14(19)11-15/h4-11H,3H2,1-2H3,(H,20,23). The van der Waals surface area contributed by atoms with Crippen molar-refractivity contribution in [3.8, 4) is 5.75 Å². The van der Waals surface area contributed by atoms with E-state index < -0.39 is 6.09 Å². The van der Waals surface area contributed by atoms with Gasteiger partial charge in [0.15, 0.2) is 0 Å². The first kappa shape index (κ1) is 18.5. The molecule has 6 nitrogen and oxygen atoms in total. The molecule has 0 saturated heterocycles. The molecule has 25 heavy (non-hydrogen) atoms. The molecule has 2 rings (SSSR count). The van der Waals surface area contributed by atoms with Gasteiger partial charge in [0.1, 0.15) is 11.5 Å². The summed E-state index contributed by atoms with van der Waals surface area (Å²) in [5.41, 5.74) is 0.928. The maximum atomic E-state index is 12.2. The molecule has 2 aromatic rings. The van der Waals surface area contributed by atoms with E-state index in [4.69, 9.17) is 21.2 Å². The van der Waals surface area contributed by atoms with E-state index in [0.29, 0.717) is 28.6 Å². The van der Waals surface area contributed by atoms with Crippen LogP contribution in [0.4, 0.5) is 10.5 Å². The molecular weight excluding hydrogens is 344 g/mol. The summed E-state index contributed by atoms with van der Waals surface area (Å²) in [6, 6.07) is 13.2. The van der Waals surface area contributed by atoms with Crippen molar-refractivity contribution in [3.63, 3.8) is 0 Å². The predicted molar refractivity (Wildman–Crippen MR) is 96.6 cm³/mol. The Morgan fingerprint density at radius 3 is 2.52 bits per heavy atom. The van der Waals surface area contributed by atoms with Gasteiger partial charge in [-0.15, -0.1) is 0 Å². The first-order valence-electron chi connectivity index (χ1n) is 7.55. The summed E-state index contributed by atoms with van der Waals surface area (Å²) in [5.74, 6) is 0.324. The lowest BCUT2D eigenvalue weighted by Crippen LogP contribution is -2.15. The largest absolute Gasteiger partial charge is 0.494 e. The van der Waals surface area contributed by atoms with Gasteiger partial charge in [-0.2, -0.15) is 0 Å². The molecule has 1 N–H and O–H groups in total. The van der Waals surface area contributed by atoms with Gasteiger partial charge in [-0.1, -0.05) is 22.8 Å². The van der Waals surface area contributed by atoms with Gasteiger partial charge in [0, 0.05) is 16.3 Å². The minimum Gasteiger partial charge on any atom is -0.494 e.